The molecule has 2 aliphatic heterocycles. The molecule has 2 fully saturated rings. The first-order chi connectivity index (χ1) is 13.5. The molecule has 2 heterocycles. The molecular formula is C21H26N2O5. The number of carboxylic acids is 1. The maximum Gasteiger partial charge on any atom is 0.316 e. The molecule has 7 heteroatoms. The third-order valence-corrected chi connectivity index (χ3v) is 6.50. The van der Waals surface area contributed by atoms with Crippen LogP contribution in [0, 0.1) is 11.8 Å². The zero-order valence-electron chi connectivity index (χ0n) is 15.8. The van der Waals surface area contributed by atoms with E-state index in [-0.39, 0.29) is 11.8 Å². The van der Waals surface area contributed by atoms with Gasteiger partial charge >= 0.3 is 5.97 Å². The lowest BCUT2D eigenvalue weighted by Crippen LogP contribution is -2.39. The van der Waals surface area contributed by atoms with Gasteiger partial charge in [-0.15, -0.1) is 0 Å². The maximum atomic E-state index is 12.7. The molecule has 3 aliphatic rings. The Labute approximate surface area is 163 Å². The Morgan fingerprint density at radius 2 is 1.89 bits per heavy atom. The summed E-state index contributed by atoms with van der Waals surface area (Å²) >= 11 is 0. The smallest absolute Gasteiger partial charge is 0.316 e. The average Bonchev–Trinajstić information content (AvgIpc) is 2.94. The summed E-state index contributed by atoms with van der Waals surface area (Å²) < 4.78 is 5.41. The minimum atomic E-state index is -1.07. The van der Waals surface area contributed by atoms with E-state index < -0.39 is 23.2 Å². The van der Waals surface area contributed by atoms with Gasteiger partial charge in [-0.1, -0.05) is 25.3 Å². The van der Waals surface area contributed by atoms with E-state index in [1.807, 2.05) is 6.07 Å². The Hall–Kier alpha value is -2.41. The lowest BCUT2D eigenvalue weighted by Gasteiger charge is -2.31. The summed E-state index contributed by atoms with van der Waals surface area (Å²) in [7, 11) is 0. The monoisotopic (exact) mass is 386 g/mol. The molecule has 0 radical (unpaired) electrons. The highest BCUT2D eigenvalue weighted by Crippen LogP contribution is 2.45. The molecule has 1 saturated carbocycles. The minimum absolute atomic E-state index is 0.0279. The van der Waals surface area contributed by atoms with Gasteiger partial charge in [0.05, 0.1) is 5.41 Å². The summed E-state index contributed by atoms with van der Waals surface area (Å²) in [6, 6.07) is 5.35. The Bertz CT molecular complexity index is 794. The van der Waals surface area contributed by atoms with Gasteiger partial charge in [-0.3, -0.25) is 14.4 Å². The van der Waals surface area contributed by atoms with Crippen molar-refractivity contribution in [3.63, 3.8) is 0 Å². The van der Waals surface area contributed by atoms with E-state index in [1.165, 1.54) is 0 Å². The molecule has 1 atom stereocenters. The van der Waals surface area contributed by atoms with Gasteiger partial charge in [0.25, 0.3) is 0 Å². The van der Waals surface area contributed by atoms with Gasteiger partial charge < -0.3 is 20.5 Å². The van der Waals surface area contributed by atoms with E-state index in [1.54, 1.807) is 12.1 Å². The second kappa shape index (κ2) is 7.54. The molecule has 28 heavy (non-hydrogen) atoms. The van der Waals surface area contributed by atoms with Crippen LogP contribution >= 0.6 is 0 Å². The lowest BCUT2D eigenvalue weighted by atomic mass is 9.75. The quantitative estimate of drug-likeness (QED) is 0.690. The molecule has 1 unspecified atom stereocenters. The highest BCUT2D eigenvalue weighted by atomic mass is 16.5. The predicted molar refractivity (Wildman–Crippen MR) is 103 cm³/mol. The van der Waals surface area contributed by atoms with Gasteiger partial charge in [0, 0.05) is 24.6 Å². The van der Waals surface area contributed by atoms with Crippen molar-refractivity contribution in [1.29, 1.82) is 0 Å². The largest absolute Gasteiger partial charge is 0.481 e. The van der Waals surface area contributed by atoms with Crippen LogP contribution in [0.25, 0.3) is 0 Å². The van der Waals surface area contributed by atoms with Crippen molar-refractivity contribution >= 4 is 29.2 Å². The van der Waals surface area contributed by atoms with Gasteiger partial charge in [-0.05, 0) is 49.3 Å². The number of ether oxygens (including phenoxy) is 1. The van der Waals surface area contributed by atoms with E-state index in [2.05, 4.69) is 10.6 Å². The molecule has 150 valence electrons. The summed E-state index contributed by atoms with van der Waals surface area (Å²) in [5.41, 5.74) is 1.58. The van der Waals surface area contributed by atoms with Gasteiger partial charge in [-0.25, -0.2) is 0 Å². The van der Waals surface area contributed by atoms with E-state index in [0.29, 0.717) is 37.4 Å². The Morgan fingerprint density at radius 1 is 1.18 bits per heavy atom. The highest BCUT2D eigenvalue weighted by Gasteiger charge is 2.47. The first-order valence-corrected chi connectivity index (χ1v) is 10.1. The van der Waals surface area contributed by atoms with Crippen LogP contribution in [0.3, 0.4) is 0 Å². The summed E-state index contributed by atoms with van der Waals surface area (Å²) in [4.78, 5) is 37.1. The number of nitrogens with one attached hydrogen (secondary N) is 2. The van der Waals surface area contributed by atoms with Gasteiger partial charge in [0.2, 0.25) is 11.8 Å². The zero-order chi connectivity index (χ0) is 19.7. The molecule has 1 aromatic rings. The Morgan fingerprint density at radius 3 is 2.57 bits per heavy atom. The standard InChI is InChI=1S/C21H26N2O5/c24-18(17(19(25)26)13-4-2-1-3-5-13)22-14-6-7-15-16(12-14)23-20(27)21(15)8-10-28-11-9-21/h6-7,12-13,17H,1-5,8-11H2,(H,22,24)(H,23,27)(H,25,26). The third kappa shape index (κ3) is 3.28. The molecule has 7 nitrogen and oxygen atoms in total. The molecule has 1 aliphatic carbocycles. The number of carboxylic acid groups (broad SMARTS) is 1. The number of fused-ring (bicyclic) bond motifs is 2. The molecule has 1 saturated heterocycles. The van der Waals surface area contributed by atoms with Crippen molar-refractivity contribution in [2.24, 2.45) is 11.8 Å². The van der Waals surface area contributed by atoms with Crippen LogP contribution in [-0.2, 0) is 24.5 Å². The van der Waals surface area contributed by atoms with Gasteiger partial charge in [0.1, 0.15) is 5.92 Å². The lowest BCUT2D eigenvalue weighted by molar-refractivity contribution is -0.148. The minimum Gasteiger partial charge on any atom is -0.481 e. The molecule has 3 N–H and O–H groups in total. The highest BCUT2D eigenvalue weighted by molar-refractivity contribution is 6.08. The number of carbonyl (C=O) groups is 3. The number of rotatable bonds is 4. The van der Waals surface area contributed by atoms with Crippen LogP contribution < -0.4 is 10.6 Å². The van der Waals surface area contributed by atoms with Gasteiger partial charge in [0.15, 0.2) is 0 Å². The molecular weight excluding hydrogens is 360 g/mol. The van der Waals surface area contributed by atoms with E-state index in [0.717, 1.165) is 37.7 Å². The Balaban J connectivity index is 1.53. The summed E-state index contributed by atoms with van der Waals surface area (Å²) in [6.07, 6.45) is 5.86. The third-order valence-electron chi connectivity index (χ3n) is 6.50. The van der Waals surface area contributed by atoms with Crippen LogP contribution in [0.4, 0.5) is 11.4 Å². The van der Waals surface area contributed by atoms with Crippen molar-refractivity contribution in [2.75, 3.05) is 23.8 Å². The van der Waals surface area contributed by atoms with Crippen molar-refractivity contribution in [1.82, 2.24) is 0 Å². The van der Waals surface area contributed by atoms with Crippen molar-refractivity contribution in [3.05, 3.63) is 23.8 Å². The number of hydrogen-bond donors (Lipinski definition) is 3. The number of anilines is 2. The fourth-order valence-electron chi connectivity index (χ4n) is 4.94. The Kier molecular flexibility index (Phi) is 5.10. The van der Waals surface area contributed by atoms with Crippen molar-refractivity contribution in [2.45, 2.75) is 50.4 Å². The van der Waals surface area contributed by atoms with Crippen molar-refractivity contribution < 1.29 is 24.2 Å². The number of carbonyl (C=O) groups excluding carboxylic acids is 2. The van der Waals surface area contributed by atoms with Crippen LogP contribution in [0.1, 0.15) is 50.5 Å². The van der Waals surface area contributed by atoms with Crippen LogP contribution in [0.15, 0.2) is 18.2 Å². The van der Waals surface area contributed by atoms with Gasteiger partial charge in [-0.2, -0.15) is 0 Å². The fraction of sp³-hybridized carbons (Fsp3) is 0.571. The van der Waals surface area contributed by atoms with Crippen LogP contribution in [0.2, 0.25) is 0 Å². The molecule has 1 spiro atoms. The summed E-state index contributed by atoms with van der Waals surface area (Å²) in [5.74, 6) is -2.74. The normalized spacial score (nSPS) is 22.4. The predicted octanol–water partition coefficient (Wildman–Crippen LogP) is 2.91. The number of benzene rings is 1. The van der Waals surface area contributed by atoms with E-state index in [9.17, 15) is 19.5 Å². The van der Waals surface area contributed by atoms with E-state index in [4.69, 9.17) is 4.74 Å². The summed E-state index contributed by atoms with van der Waals surface area (Å²) in [6.45, 7) is 1.10. The average molecular weight is 386 g/mol. The molecule has 2 amide bonds. The SMILES string of the molecule is O=C(O)C(C(=O)Nc1ccc2c(c1)NC(=O)C21CCOCC1)C1CCCCC1. The molecule has 0 bridgehead atoms. The van der Waals surface area contributed by atoms with Crippen LogP contribution in [-0.4, -0.2) is 36.1 Å². The molecule has 0 aromatic heterocycles. The maximum absolute atomic E-state index is 12.7. The number of hydrogen-bond acceptors (Lipinski definition) is 4. The second-order valence-electron chi connectivity index (χ2n) is 8.11. The topological polar surface area (TPSA) is 105 Å². The first kappa shape index (κ1) is 18.9. The number of aliphatic carboxylic acids is 1. The van der Waals surface area contributed by atoms with Crippen LogP contribution in [0.5, 0.6) is 0 Å². The fourth-order valence-corrected chi connectivity index (χ4v) is 4.94. The molecule has 4 rings (SSSR count). The zero-order valence-corrected chi connectivity index (χ0v) is 15.8. The molecule has 1 aromatic carbocycles. The second-order valence-corrected chi connectivity index (χ2v) is 8.11. The first-order valence-electron chi connectivity index (χ1n) is 10.1. The van der Waals surface area contributed by atoms with E-state index >= 15 is 0 Å². The number of amides is 2. The summed E-state index contributed by atoms with van der Waals surface area (Å²) in [5, 5.41) is 15.3. The van der Waals surface area contributed by atoms with Crippen molar-refractivity contribution in [3.8, 4) is 0 Å².